The minimum Gasteiger partial charge on any atom is -0.450 e. The molecule has 26 heavy (non-hydrogen) atoms. The summed E-state index contributed by atoms with van der Waals surface area (Å²) < 4.78 is 10.3. The number of carbonyl (C=O) groups excluding carboxylic acids is 3. The number of ether oxygens (including phenoxy) is 2. The Kier molecular flexibility index (Phi) is 5.31. The predicted octanol–water partition coefficient (Wildman–Crippen LogP) is 2.02. The second kappa shape index (κ2) is 7.82. The van der Waals surface area contributed by atoms with E-state index in [-0.39, 0.29) is 6.42 Å². The van der Waals surface area contributed by atoms with Crippen molar-refractivity contribution in [2.75, 3.05) is 0 Å². The minimum atomic E-state index is -1.04. The summed E-state index contributed by atoms with van der Waals surface area (Å²) in [4.78, 5) is 36.3. The quantitative estimate of drug-likeness (QED) is 0.832. The molecule has 2 atom stereocenters. The molecule has 1 aliphatic heterocycles. The lowest BCUT2D eigenvalue weighted by atomic mass is 9.99. The van der Waals surface area contributed by atoms with Gasteiger partial charge in [-0.2, -0.15) is 0 Å². The summed E-state index contributed by atoms with van der Waals surface area (Å²) in [6.07, 6.45) is -1.79. The monoisotopic (exact) mass is 353 g/mol. The van der Waals surface area contributed by atoms with Crippen LogP contribution in [0.3, 0.4) is 0 Å². The maximum absolute atomic E-state index is 12.3. The standard InChI is InChI=1S/C20H19NO5/c1-13(18(22)21-12-14-7-3-2-4-8-14)25-20(24)17-11-15-9-5-6-10-16(15)19(23)26-17/h2-10,13,17H,11-12H2,1H3,(H,21,22). The molecule has 0 spiro atoms. The van der Waals surface area contributed by atoms with Crippen LogP contribution >= 0.6 is 0 Å². The van der Waals surface area contributed by atoms with Crippen LogP contribution in [-0.2, 0) is 32.0 Å². The number of hydrogen-bond donors (Lipinski definition) is 1. The predicted molar refractivity (Wildman–Crippen MR) is 93.2 cm³/mol. The molecule has 0 saturated carbocycles. The second-order valence-electron chi connectivity index (χ2n) is 6.04. The van der Waals surface area contributed by atoms with Crippen LogP contribution in [0, 0.1) is 0 Å². The Bertz CT molecular complexity index is 818. The number of nitrogens with one attached hydrogen (secondary N) is 1. The Labute approximate surface area is 151 Å². The summed E-state index contributed by atoms with van der Waals surface area (Å²) in [7, 11) is 0. The fourth-order valence-corrected chi connectivity index (χ4v) is 2.70. The number of benzene rings is 2. The molecule has 0 aromatic heterocycles. The van der Waals surface area contributed by atoms with E-state index in [1.807, 2.05) is 30.3 Å². The second-order valence-corrected chi connectivity index (χ2v) is 6.04. The van der Waals surface area contributed by atoms with Crippen LogP contribution in [0.15, 0.2) is 54.6 Å². The van der Waals surface area contributed by atoms with E-state index in [0.29, 0.717) is 12.1 Å². The van der Waals surface area contributed by atoms with Gasteiger partial charge in [-0.05, 0) is 24.1 Å². The summed E-state index contributed by atoms with van der Waals surface area (Å²) in [6.45, 7) is 1.82. The van der Waals surface area contributed by atoms with Gasteiger partial charge in [0.2, 0.25) is 6.10 Å². The van der Waals surface area contributed by atoms with Crippen LogP contribution in [0.25, 0.3) is 0 Å². The van der Waals surface area contributed by atoms with Gasteiger partial charge in [0.1, 0.15) is 0 Å². The first-order valence-corrected chi connectivity index (χ1v) is 8.35. The van der Waals surface area contributed by atoms with Gasteiger partial charge in [0, 0.05) is 13.0 Å². The van der Waals surface area contributed by atoms with Crippen molar-refractivity contribution in [3.8, 4) is 0 Å². The average Bonchev–Trinajstić information content (AvgIpc) is 2.66. The molecule has 0 aliphatic carbocycles. The Morgan fingerprint density at radius 1 is 1.15 bits per heavy atom. The van der Waals surface area contributed by atoms with Gasteiger partial charge in [-0.25, -0.2) is 9.59 Å². The topological polar surface area (TPSA) is 81.7 Å². The third-order valence-corrected chi connectivity index (χ3v) is 4.13. The van der Waals surface area contributed by atoms with Crippen molar-refractivity contribution in [3.63, 3.8) is 0 Å². The Morgan fingerprint density at radius 3 is 2.62 bits per heavy atom. The molecule has 2 unspecified atom stereocenters. The zero-order chi connectivity index (χ0) is 18.5. The highest BCUT2D eigenvalue weighted by molar-refractivity contribution is 5.95. The molecule has 1 N–H and O–H groups in total. The van der Waals surface area contributed by atoms with Gasteiger partial charge in [-0.3, -0.25) is 4.79 Å². The smallest absolute Gasteiger partial charge is 0.348 e. The van der Waals surface area contributed by atoms with E-state index < -0.39 is 30.1 Å². The lowest BCUT2D eigenvalue weighted by molar-refractivity contribution is -0.163. The van der Waals surface area contributed by atoms with Gasteiger partial charge in [0.05, 0.1) is 5.56 Å². The molecule has 1 amide bonds. The van der Waals surface area contributed by atoms with Gasteiger partial charge in [-0.1, -0.05) is 48.5 Å². The van der Waals surface area contributed by atoms with E-state index in [9.17, 15) is 14.4 Å². The van der Waals surface area contributed by atoms with Gasteiger partial charge >= 0.3 is 11.9 Å². The van der Waals surface area contributed by atoms with Crippen molar-refractivity contribution in [2.45, 2.75) is 32.1 Å². The van der Waals surface area contributed by atoms with Crippen molar-refractivity contribution in [1.82, 2.24) is 5.32 Å². The van der Waals surface area contributed by atoms with Crippen molar-refractivity contribution in [2.24, 2.45) is 0 Å². The lowest BCUT2D eigenvalue weighted by Gasteiger charge is -2.24. The van der Waals surface area contributed by atoms with Crippen molar-refractivity contribution in [1.29, 1.82) is 0 Å². The zero-order valence-corrected chi connectivity index (χ0v) is 14.3. The van der Waals surface area contributed by atoms with E-state index >= 15 is 0 Å². The van der Waals surface area contributed by atoms with Crippen LogP contribution in [0.4, 0.5) is 0 Å². The summed E-state index contributed by atoms with van der Waals surface area (Å²) in [5.74, 6) is -1.70. The van der Waals surface area contributed by atoms with Crippen molar-refractivity contribution in [3.05, 3.63) is 71.3 Å². The highest BCUT2D eigenvalue weighted by Gasteiger charge is 2.33. The molecule has 0 bridgehead atoms. The minimum absolute atomic E-state index is 0.235. The maximum atomic E-state index is 12.3. The van der Waals surface area contributed by atoms with Crippen LogP contribution < -0.4 is 5.32 Å². The summed E-state index contributed by atoms with van der Waals surface area (Å²) in [5, 5.41) is 2.71. The lowest BCUT2D eigenvalue weighted by Crippen LogP contribution is -2.41. The van der Waals surface area contributed by atoms with E-state index in [4.69, 9.17) is 9.47 Å². The molecule has 6 nitrogen and oxygen atoms in total. The number of fused-ring (bicyclic) bond motifs is 1. The van der Waals surface area contributed by atoms with Crippen LogP contribution in [0.5, 0.6) is 0 Å². The number of amides is 1. The molecule has 1 aliphatic rings. The van der Waals surface area contributed by atoms with Crippen molar-refractivity contribution < 1.29 is 23.9 Å². The number of cyclic esters (lactones) is 1. The molecule has 3 rings (SSSR count). The molecule has 2 aromatic rings. The zero-order valence-electron chi connectivity index (χ0n) is 14.3. The Balaban J connectivity index is 1.54. The molecule has 0 fully saturated rings. The Morgan fingerprint density at radius 2 is 1.85 bits per heavy atom. The largest absolute Gasteiger partial charge is 0.450 e. The highest BCUT2D eigenvalue weighted by atomic mass is 16.6. The van der Waals surface area contributed by atoms with Crippen LogP contribution in [-0.4, -0.2) is 30.1 Å². The van der Waals surface area contributed by atoms with Gasteiger partial charge in [0.15, 0.2) is 6.10 Å². The molecule has 134 valence electrons. The molecular weight excluding hydrogens is 334 g/mol. The third-order valence-electron chi connectivity index (χ3n) is 4.13. The normalized spacial score (nSPS) is 16.8. The molecule has 1 heterocycles. The third kappa shape index (κ3) is 4.08. The number of carbonyl (C=O) groups is 3. The summed E-state index contributed by atoms with van der Waals surface area (Å²) >= 11 is 0. The van der Waals surface area contributed by atoms with Gasteiger partial charge < -0.3 is 14.8 Å². The number of hydrogen-bond acceptors (Lipinski definition) is 5. The first kappa shape index (κ1) is 17.7. The van der Waals surface area contributed by atoms with Gasteiger partial charge in [0.25, 0.3) is 5.91 Å². The van der Waals surface area contributed by atoms with Crippen LogP contribution in [0.2, 0.25) is 0 Å². The van der Waals surface area contributed by atoms with E-state index in [1.54, 1.807) is 24.3 Å². The fourth-order valence-electron chi connectivity index (χ4n) is 2.70. The number of rotatable bonds is 5. The molecular formula is C20H19NO5. The molecule has 0 radical (unpaired) electrons. The average molecular weight is 353 g/mol. The highest BCUT2D eigenvalue weighted by Crippen LogP contribution is 2.21. The van der Waals surface area contributed by atoms with E-state index in [0.717, 1.165) is 11.1 Å². The fraction of sp³-hybridized carbons (Fsp3) is 0.250. The first-order valence-electron chi connectivity index (χ1n) is 8.35. The molecule has 2 aromatic carbocycles. The van der Waals surface area contributed by atoms with E-state index in [1.165, 1.54) is 6.92 Å². The Hall–Kier alpha value is -3.15. The molecule has 6 heteroatoms. The number of esters is 2. The summed E-state index contributed by atoms with van der Waals surface area (Å²) in [6, 6.07) is 16.4. The SMILES string of the molecule is CC(OC(=O)C1Cc2ccccc2C(=O)O1)C(=O)NCc1ccccc1. The van der Waals surface area contributed by atoms with Crippen LogP contribution in [0.1, 0.15) is 28.4 Å². The van der Waals surface area contributed by atoms with Crippen molar-refractivity contribution >= 4 is 17.8 Å². The van der Waals surface area contributed by atoms with Gasteiger partial charge in [-0.15, -0.1) is 0 Å². The first-order chi connectivity index (χ1) is 12.5. The summed E-state index contributed by atoms with van der Waals surface area (Å²) in [5.41, 5.74) is 2.12. The molecule has 0 saturated heterocycles. The maximum Gasteiger partial charge on any atom is 0.348 e. The van der Waals surface area contributed by atoms with E-state index in [2.05, 4.69) is 5.32 Å².